The minimum Gasteiger partial charge on any atom is -0.493 e. The molecule has 8 aromatic carbocycles. The highest BCUT2D eigenvalue weighted by Gasteiger charge is 2.48. The number of morpholine rings is 1. The molecule has 712 valence electrons. The van der Waals surface area contributed by atoms with Crippen molar-refractivity contribution in [3.8, 4) is 115 Å². The minimum absolute atomic E-state index is 0.171. The van der Waals surface area contributed by atoms with Crippen molar-refractivity contribution in [1.82, 2.24) is 9.80 Å². The number of nitrogens with two attached hydrogens (primary N) is 1. The first kappa shape index (κ1) is 101. The zero-order chi connectivity index (χ0) is 97.0. The highest BCUT2D eigenvalue weighted by atomic mass is 16.6. The van der Waals surface area contributed by atoms with E-state index in [4.69, 9.17) is 110 Å². The van der Waals surface area contributed by atoms with Gasteiger partial charge in [0.15, 0.2) is 105 Å². The number of nitrogens with zero attached hydrogens (tertiary/aromatic N) is 6. The lowest BCUT2D eigenvalue weighted by atomic mass is 9.88. The van der Waals surface area contributed by atoms with E-state index in [9.17, 15) is 28.8 Å². The first-order valence-corrected chi connectivity index (χ1v) is 41.8. The van der Waals surface area contributed by atoms with E-state index < -0.39 is 29.6 Å². The van der Waals surface area contributed by atoms with E-state index >= 15 is 0 Å². The van der Waals surface area contributed by atoms with E-state index in [1.165, 1.54) is 85.3 Å². The van der Waals surface area contributed by atoms with Gasteiger partial charge >= 0.3 is 5.97 Å². The number of carbonyl (C=O) groups is 6. The van der Waals surface area contributed by atoms with Gasteiger partial charge < -0.3 is 115 Å². The Balaban J connectivity index is 0.000000184. The van der Waals surface area contributed by atoms with Crippen molar-refractivity contribution in [2.75, 3.05) is 213 Å². The van der Waals surface area contributed by atoms with Crippen LogP contribution in [-0.2, 0) is 38.2 Å². The number of rotatable bonds is 38. The molecule has 0 aliphatic carbocycles. The van der Waals surface area contributed by atoms with Crippen LogP contribution in [0.4, 0.5) is 22.7 Å². The van der Waals surface area contributed by atoms with Crippen molar-refractivity contribution in [3.63, 3.8) is 0 Å². The molecule has 5 aliphatic rings. The third-order valence-corrected chi connectivity index (χ3v) is 21.8. The van der Waals surface area contributed by atoms with Gasteiger partial charge in [-0.1, -0.05) is 50.6 Å². The van der Waals surface area contributed by atoms with Crippen LogP contribution in [0.15, 0.2) is 170 Å². The Morgan fingerprint density at radius 1 is 0.353 bits per heavy atom. The number of β-lactam (4-membered cyclic amide) rings is 4. The van der Waals surface area contributed by atoms with Crippen molar-refractivity contribution < 1.29 is 133 Å². The number of carbonyl (C=O) groups excluding carboxylic acids is 6. The summed E-state index contributed by atoms with van der Waals surface area (Å²) >= 11 is 0. The summed E-state index contributed by atoms with van der Waals surface area (Å²) in [5.74, 6) is 7.39. The normalized spacial score (nSPS) is 16.1. The largest absolute Gasteiger partial charge is 0.493 e. The van der Waals surface area contributed by atoms with E-state index in [2.05, 4.69) is 31.2 Å². The highest BCUT2D eigenvalue weighted by Crippen LogP contribution is 2.55. The molecule has 5 heterocycles. The summed E-state index contributed by atoms with van der Waals surface area (Å²) in [5.41, 5.74) is 11.8. The van der Waals surface area contributed by atoms with E-state index in [0.29, 0.717) is 173 Å². The van der Waals surface area contributed by atoms with Crippen molar-refractivity contribution in [3.05, 3.63) is 192 Å². The molecule has 0 aromatic heterocycles. The number of ether oxygens (including phenoxy) is 22. The fourth-order valence-corrected chi connectivity index (χ4v) is 15.2. The summed E-state index contributed by atoms with van der Waals surface area (Å²) in [5, 5.41) is 0. The first-order valence-electron chi connectivity index (χ1n) is 41.8. The number of amides is 5. The SMILES string of the molecule is C=C1C(=O)N(c2cc(OC)c(OC)c(OC)c2)[C@H]1c1ccc(OC)c(OCC(=O)OC(C)(C)C)c1.C=C1C(=O)N(c2cc(OC)c(OC)c(OC)c2)[C@H]1c1ccc(OC)c(OCC(N)=O)c1.C=C1C(=O)N(c2cc(OC)c(OC)c(OC)c2)[C@H]1c1ccc(OC)c(OCCN(C)C)c1.C=C1C(=O)N(c2cc(OC)c(OC)c(OC)c2)[C@H]1c1ccc(OC)c(OCCN2CCOCC2)c1. The van der Waals surface area contributed by atoms with E-state index in [1.807, 2.05) is 61.5 Å². The number of likely N-dealkylation sites (N-methyl/N-ethyl adjacent to an activating group) is 1. The number of primary amides is 1. The molecular weight excluding hydrogens is 1720 g/mol. The molecule has 5 saturated heterocycles. The molecule has 0 radical (unpaired) electrons. The Morgan fingerprint density at radius 2 is 0.602 bits per heavy atom. The summed E-state index contributed by atoms with van der Waals surface area (Å²) in [4.78, 5) is 85.3. The van der Waals surface area contributed by atoms with Crippen LogP contribution in [0.25, 0.3) is 0 Å². The molecular formula is C98H117N7O28. The lowest BCUT2D eigenvalue weighted by molar-refractivity contribution is -0.157. The average molecular weight is 1840 g/mol. The van der Waals surface area contributed by atoms with Gasteiger partial charge in [0, 0.05) is 97.0 Å². The Kier molecular flexibility index (Phi) is 34.3. The maximum atomic E-state index is 12.9. The Hall–Kier alpha value is -14.6. The van der Waals surface area contributed by atoms with E-state index in [0.717, 1.165) is 61.6 Å². The molecule has 5 fully saturated rings. The molecule has 35 nitrogen and oxygen atoms in total. The predicted molar refractivity (Wildman–Crippen MR) is 497 cm³/mol. The molecule has 4 atom stereocenters. The van der Waals surface area contributed by atoms with Crippen LogP contribution in [0.5, 0.6) is 115 Å². The van der Waals surface area contributed by atoms with Gasteiger partial charge in [-0.15, -0.1) is 0 Å². The fraction of sp³-hybridized carbons (Fsp3) is 0.367. The lowest BCUT2D eigenvalue weighted by Gasteiger charge is -2.43. The van der Waals surface area contributed by atoms with Gasteiger partial charge in [-0.2, -0.15) is 0 Å². The van der Waals surface area contributed by atoms with Gasteiger partial charge in [-0.25, -0.2) is 4.79 Å². The monoisotopic (exact) mass is 1840 g/mol. The molecule has 2 N–H and O–H groups in total. The first-order chi connectivity index (χ1) is 63.8. The second-order valence-electron chi connectivity index (χ2n) is 31.2. The summed E-state index contributed by atoms with van der Waals surface area (Å²) in [7, 11) is 28.4. The van der Waals surface area contributed by atoms with Gasteiger partial charge in [-0.05, 0) is 106 Å². The zero-order valence-corrected chi connectivity index (χ0v) is 78.9. The quantitative estimate of drug-likeness (QED) is 0.0213. The van der Waals surface area contributed by atoms with Gasteiger partial charge in [0.2, 0.25) is 23.0 Å². The minimum atomic E-state index is -0.628. The lowest BCUT2D eigenvalue weighted by Crippen LogP contribution is -2.48. The molecule has 5 amide bonds. The molecule has 13 rings (SSSR count). The summed E-state index contributed by atoms with van der Waals surface area (Å²) in [6.45, 7) is 26.5. The Labute approximate surface area is 774 Å². The number of hydrogen-bond donors (Lipinski definition) is 1. The Bertz CT molecular complexity index is 5510. The van der Waals surface area contributed by atoms with Crippen LogP contribution in [0, 0.1) is 0 Å². The predicted octanol–water partition coefficient (Wildman–Crippen LogP) is 12.7. The second-order valence-corrected chi connectivity index (χ2v) is 31.2. The fourth-order valence-electron chi connectivity index (χ4n) is 15.2. The summed E-state index contributed by atoms with van der Waals surface area (Å²) in [6, 6.07) is 33.8. The third kappa shape index (κ3) is 22.4. The molecule has 8 aromatic rings. The van der Waals surface area contributed by atoms with E-state index in [1.54, 1.807) is 148 Å². The summed E-state index contributed by atoms with van der Waals surface area (Å²) < 4.78 is 121. The maximum absolute atomic E-state index is 12.9. The van der Waals surface area contributed by atoms with Crippen LogP contribution >= 0.6 is 0 Å². The zero-order valence-electron chi connectivity index (χ0n) is 78.9. The standard InChI is InChI=1S/C26H32N2O7.C26H31NO8.C24H30N2O6.C22H24N2O7/c1-17-24(28(26(17)29)19-15-22(31-3)25(33-5)23(16-19)32-4)18-6-7-20(30-2)21(14-18)35-13-10-27-8-11-34-12-9-27;1-15-23(27(25(15)29)17-12-20(31-6)24(33-8)21(13-17)32-7)16-9-10-18(30-5)19(11-16)34-14-22(28)35-26(2,3)4;1-15-22(16-8-9-18(28-4)19(12-16)32-11-10-25(2)3)26(24(15)27)17-13-20(29-5)23(31-7)21(14-17)30-6;1-12-20(13-6-7-15(27-2)16(8-13)31-11-19(23)25)24(22(12)26)14-9-17(28-3)21(30-5)18(10-14)29-4/h6-7,14-16,24H,1,8-13H2,2-5H3;9-13,23H,1,14H2,2-8H3;8-9,12-14,22H,1,10-11H2,2-7H3;6-10,20H,1,11H2,2-5H3,(H2,23,25)/t24-;23-;22-;20-/m1111/s1. The number of anilines is 4. The van der Waals surface area contributed by atoms with Crippen molar-refractivity contribution in [2.24, 2.45) is 5.73 Å². The van der Waals surface area contributed by atoms with Crippen molar-refractivity contribution >= 4 is 58.3 Å². The number of esters is 1. The van der Waals surface area contributed by atoms with Crippen molar-refractivity contribution in [1.29, 1.82) is 0 Å². The number of benzene rings is 8. The molecule has 5 aliphatic heterocycles. The average Bonchev–Trinajstić information content (AvgIpc) is 0.750. The maximum Gasteiger partial charge on any atom is 0.344 e. The van der Waals surface area contributed by atoms with Crippen LogP contribution in [0.2, 0.25) is 0 Å². The van der Waals surface area contributed by atoms with Gasteiger partial charge in [-0.3, -0.25) is 48.5 Å². The number of hydrogen-bond acceptors (Lipinski definition) is 30. The Morgan fingerprint density at radius 3 is 0.835 bits per heavy atom. The molecule has 35 heteroatoms. The van der Waals surface area contributed by atoms with Crippen molar-refractivity contribution in [2.45, 2.75) is 50.5 Å². The van der Waals surface area contributed by atoms with Gasteiger partial charge in [0.1, 0.15) is 18.8 Å². The molecule has 0 bridgehead atoms. The highest BCUT2D eigenvalue weighted by molar-refractivity contribution is 6.17. The molecule has 0 unspecified atom stereocenters. The van der Waals surface area contributed by atoms with Crippen LogP contribution < -0.4 is 120 Å². The topological polar surface area (TPSA) is 351 Å². The van der Waals surface area contributed by atoms with E-state index in [-0.39, 0.29) is 48.9 Å². The van der Waals surface area contributed by atoms with Crippen LogP contribution in [0.3, 0.4) is 0 Å². The van der Waals surface area contributed by atoms with Gasteiger partial charge in [0.05, 0.1) is 174 Å². The molecule has 0 saturated carbocycles. The smallest absolute Gasteiger partial charge is 0.344 e. The van der Waals surface area contributed by atoms with Crippen LogP contribution in [-0.4, -0.2) is 245 Å². The summed E-state index contributed by atoms with van der Waals surface area (Å²) in [6.07, 6.45) is 0. The third-order valence-electron chi connectivity index (χ3n) is 21.8. The second kappa shape index (κ2) is 45.3. The molecule has 0 spiro atoms. The van der Waals surface area contributed by atoms with Gasteiger partial charge in [0.25, 0.3) is 29.5 Å². The molecule has 133 heavy (non-hydrogen) atoms. The number of methoxy groups -OCH3 is 16. The van der Waals surface area contributed by atoms with Crippen LogP contribution in [0.1, 0.15) is 67.2 Å².